The monoisotopic (exact) mass is 194 g/mol. The largest absolute Gasteiger partial charge is 0.359 e. The molecule has 0 aliphatic heterocycles. The van der Waals surface area contributed by atoms with E-state index in [9.17, 15) is 8.42 Å². The van der Waals surface area contributed by atoms with Gasteiger partial charge in [-0.3, -0.25) is 4.55 Å². The molecule has 1 heterocycles. The highest BCUT2D eigenvalue weighted by atomic mass is 32.2. The Morgan fingerprint density at radius 3 is 2.73 bits per heavy atom. The Labute approximate surface area is 68.0 Å². The minimum atomic E-state index is -4.17. The van der Waals surface area contributed by atoms with E-state index in [0.717, 1.165) is 11.3 Å². The Bertz CT molecular complexity index is 342. The van der Waals surface area contributed by atoms with Crippen molar-refractivity contribution in [3.8, 4) is 0 Å². The van der Waals surface area contributed by atoms with Gasteiger partial charge in [0.15, 0.2) is 5.13 Å². The Balaban J connectivity index is 2.81. The molecule has 0 spiro atoms. The number of anilines is 1. The van der Waals surface area contributed by atoms with Crippen molar-refractivity contribution >= 4 is 26.8 Å². The van der Waals surface area contributed by atoms with Gasteiger partial charge in [-0.25, -0.2) is 9.71 Å². The van der Waals surface area contributed by atoms with Gasteiger partial charge in [0, 0.05) is 5.38 Å². The summed E-state index contributed by atoms with van der Waals surface area (Å²) in [5, 5.41) is 1.85. The van der Waals surface area contributed by atoms with Crippen molar-refractivity contribution in [1.29, 1.82) is 0 Å². The number of nitrogens with zero attached hydrogens (tertiary/aromatic N) is 1. The van der Waals surface area contributed by atoms with Crippen LogP contribution in [0.15, 0.2) is 5.38 Å². The molecule has 0 unspecified atom stereocenters. The van der Waals surface area contributed by atoms with Gasteiger partial charge in [-0.2, -0.15) is 8.42 Å². The molecule has 0 amide bonds. The second-order valence-electron chi connectivity index (χ2n) is 1.87. The van der Waals surface area contributed by atoms with E-state index in [1.165, 1.54) is 0 Å². The summed E-state index contributed by atoms with van der Waals surface area (Å²) in [7, 11) is -4.17. The third-order valence-electron chi connectivity index (χ3n) is 0.835. The van der Waals surface area contributed by atoms with Crippen LogP contribution in [0.2, 0.25) is 0 Å². The summed E-state index contributed by atoms with van der Waals surface area (Å²) < 4.78 is 30.6. The Morgan fingerprint density at radius 1 is 1.73 bits per heavy atom. The summed E-state index contributed by atoms with van der Waals surface area (Å²) >= 11 is 1.12. The highest BCUT2D eigenvalue weighted by molar-refractivity contribution is 7.87. The molecule has 7 heteroatoms. The maximum absolute atomic E-state index is 10.2. The van der Waals surface area contributed by atoms with Crippen LogP contribution < -0.4 is 4.72 Å². The highest BCUT2D eigenvalue weighted by Gasteiger charge is 2.05. The van der Waals surface area contributed by atoms with Crippen molar-refractivity contribution in [2.45, 2.75) is 6.92 Å². The summed E-state index contributed by atoms with van der Waals surface area (Å²) in [4.78, 5) is 3.76. The highest BCUT2D eigenvalue weighted by Crippen LogP contribution is 2.14. The maximum atomic E-state index is 10.2. The third-order valence-corrected chi connectivity index (χ3v) is 2.29. The topological polar surface area (TPSA) is 79.3 Å². The zero-order valence-electron chi connectivity index (χ0n) is 5.60. The lowest BCUT2D eigenvalue weighted by molar-refractivity contribution is 0.489. The first-order valence-electron chi connectivity index (χ1n) is 2.65. The third kappa shape index (κ3) is 2.83. The molecule has 0 atom stereocenters. The zero-order chi connectivity index (χ0) is 8.48. The predicted molar refractivity (Wildman–Crippen MR) is 42.0 cm³/mol. The lowest BCUT2D eigenvalue weighted by atomic mass is 10.6. The number of hydrogen-bond acceptors (Lipinski definition) is 4. The number of hydrogen-bond donors (Lipinski definition) is 2. The lowest BCUT2D eigenvalue weighted by Crippen LogP contribution is -2.09. The first-order chi connectivity index (χ1) is 4.97. The molecule has 5 nitrogen and oxygen atoms in total. The van der Waals surface area contributed by atoms with E-state index in [0.29, 0.717) is 5.69 Å². The quantitative estimate of drug-likeness (QED) is 0.678. The fourth-order valence-electron chi connectivity index (χ4n) is 0.511. The zero-order valence-corrected chi connectivity index (χ0v) is 7.24. The van der Waals surface area contributed by atoms with E-state index in [-0.39, 0.29) is 5.13 Å². The van der Waals surface area contributed by atoms with Gasteiger partial charge in [-0.1, -0.05) is 0 Å². The molecule has 0 aromatic carbocycles. The summed E-state index contributed by atoms with van der Waals surface area (Å²) in [6, 6.07) is 0. The van der Waals surface area contributed by atoms with Gasteiger partial charge in [0.25, 0.3) is 0 Å². The Kier molecular flexibility index (Phi) is 2.12. The molecule has 0 saturated carbocycles. The van der Waals surface area contributed by atoms with Crippen molar-refractivity contribution in [1.82, 2.24) is 4.98 Å². The predicted octanol–water partition coefficient (Wildman–Crippen LogP) is 0.666. The van der Waals surface area contributed by atoms with Gasteiger partial charge < -0.3 is 0 Å². The second kappa shape index (κ2) is 2.76. The average molecular weight is 194 g/mol. The van der Waals surface area contributed by atoms with E-state index in [1.807, 2.05) is 4.72 Å². The summed E-state index contributed by atoms with van der Waals surface area (Å²) in [6.45, 7) is 1.73. The van der Waals surface area contributed by atoms with Crippen molar-refractivity contribution < 1.29 is 13.0 Å². The molecule has 1 rings (SSSR count). The van der Waals surface area contributed by atoms with Gasteiger partial charge in [0.05, 0.1) is 5.69 Å². The molecule has 0 radical (unpaired) electrons. The normalized spacial score (nSPS) is 11.5. The van der Waals surface area contributed by atoms with Crippen LogP contribution in [0.5, 0.6) is 0 Å². The SMILES string of the molecule is Cc1csc(NS(=O)(=O)O)n1. The summed E-state index contributed by atoms with van der Waals surface area (Å²) in [6.07, 6.45) is 0. The first-order valence-corrected chi connectivity index (χ1v) is 4.97. The van der Waals surface area contributed by atoms with Crippen LogP contribution in [-0.4, -0.2) is 18.0 Å². The Hall–Kier alpha value is -0.660. The van der Waals surface area contributed by atoms with Gasteiger partial charge in [-0.15, -0.1) is 11.3 Å². The van der Waals surface area contributed by atoms with E-state index < -0.39 is 10.3 Å². The second-order valence-corrected chi connectivity index (χ2v) is 3.88. The van der Waals surface area contributed by atoms with Crippen molar-refractivity contribution in [2.75, 3.05) is 4.72 Å². The molecular formula is C4H6N2O3S2. The number of aromatic nitrogens is 1. The van der Waals surface area contributed by atoms with Gasteiger partial charge >= 0.3 is 10.3 Å². The summed E-state index contributed by atoms with van der Waals surface area (Å²) in [5.74, 6) is 0. The van der Waals surface area contributed by atoms with E-state index in [2.05, 4.69) is 4.98 Å². The molecule has 2 N–H and O–H groups in total. The van der Waals surface area contributed by atoms with Crippen LogP contribution in [0.4, 0.5) is 5.13 Å². The minimum Gasteiger partial charge on any atom is -0.269 e. The minimum absolute atomic E-state index is 0.171. The molecule has 0 saturated heterocycles. The average Bonchev–Trinajstić information content (AvgIpc) is 2.10. The van der Waals surface area contributed by atoms with E-state index >= 15 is 0 Å². The van der Waals surface area contributed by atoms with Crippen molar-refractivity contribution in [2.24, 2.45) is 0 Å². The molecule has 0 aliphatic carbocycles. The molecule has 1 aromatic heterocycles. The first kappa shape index (κ1) is 8.44. The van der Waals surface area contributed by atoms with Crippen LogP contribution in [0, 0.1) is 6.92 Å². The fourth-order valence-corrected chi connectivity index (χ4v) is 1.82. The van der Waals surface area contributed by atoms with Crippen LogP contribution in [0.3, 0.4) is 0 Å². The van der Waals surface area contributed by atoms with Crippen LogP contribution in [0.1, 0.15) is 5.69 Å². The van der Waals surface area contributed by atoms with Gasteiger partial charge in [-0.05, 0) is 6.92 Å². The fraction of sp³-hybridized carbons (Fsp3) is 0.250. The number of nitrogens with one attached hydrogen (secondary N) is 1. The van der Waals surface area contributed by atoms with E-state index in [1.54, 1.807) is 12.3 Å². The molecular weight excluding hydrogens is 188 g/mol. The van der Waals surface area contributed by atoms with Crippen LogP contribution >= 0.6 is 11.3 Å². The van der Waals surface area contributed by atoms with E-state index in [4.69, 9.17) is 4.55 Å². The van der Waals surface area contributed by atoms with Crippen LogP contribution in [0.25, 0.3) is 0 Å². The Morgan fingerprint density at radius 2 is 2.36 bits per heavy atom. The standard InChI is InChI=1S/C4H6N2O3S2/c1-3-2-10-4(5-3)6-11(7,8)9/h2H,1H3,(H,5,6)(H,7,8,9). The summed E-state index contributed by atoms with van der Waals surface area (Å²) in [5.41, 5.74) is 0.709. The molecule has 1 aromatic rings. The van der Waals surface area contributed by atoms with Crippen LogP contribution in [-0.2, 0) is 10.3 Å². The maximum Gasteiger partial charge on any atom is 0.359 e. The van der Waals surface area contributed by atoms with Gasteiger partial charge in [0.2, 0.25) is 0 Å². The smallest absolute Gasteiger partial charge is 0.269 e. The van der Waals surface area contributed by atoms with Crippen molar-refractivity contribution in [3.63, 3.8) is 0 Å². The number of aryl methyl sites for hydroxylation is 1. The molecule has 11 heavy (non-hydrogen) atoms. The van der Waals surface area contributed by atoms with Crippen molar-refractivity contribution in [3.05, 3.63) is 11.1 Å². The number of thiazole rings is 1. The molecule has 0 fully saturated rings. The molecule has 62 valence electrons. The van der Waals surface area contributed by atoms with Gasteiger partial charge in [0.1, 0.15) is 0 Å². The molecule has 0 bridgehead atoms. The lowest BCUT2D eigenvalue weighted by Gasteiger charge is -1.93. The number of rotatable bonds is 2. The molecule has 0 aliphatic rings.